The molecule has 0 heterocycles. The molecule has 0 aromatic heterocycles. The fraction of sp³-hybridized carbons (Fsp3) is 0. The molecule has 0 aliphatic rings. The Bertz CT molecular complexity index is 54.6. The zero-order valence-electron chi connectivity index (χ0n) is 5.26. The molecule has 0 N–H and O–H groups in total. The van der Waals surface area contributed by atoms with Crippen molar-refractivity contribution in [2.24, 2.45) is 0 Å². The van der Waals surface area contributed by atoms with Crippen LogP contribution in [0.25, 0.3) is 0 Å². The molecule has 11 heteroatoms. The Balaban J connectivity index is -0.0000000150. The maximum Gasteiger partial charge on any atom is 3.00 e. The van der Waals surface area contributed by atoms with Crippen LogP contribution in [0.15, 0.2) is 0 Å². The van der Waals surface area contributed by atoms with E-state index in [9.17, 15) is 0 Å². The van der Waals surface area contributed by atoms with Crippen molar-refractivity contribution in [3.05, 3.63) is 0 Å². The van der Waals surface area contributed by atoms with Gasteiger partial charge >= 0.3 is 112 Å². The summed E-state index contributed by atoms with van der Waals surface area (Å²) in [6, 6.07) is 0. The summed E-state index contributed by atoms with van der Waals surface area (Å²) in [6.45, 7) is 0. The van der Waals surface area contributed by atoms with Crippen LogP contribution < -0.4 is 12.5 Å². The molecule has 52 valence electrons. The maximum absolute atomic E-state index is 8.46. The van der Waals surface area contributed by atoms with Crippen LogP contribution >= 0.6 is 0 Å². The normalized spacial score (nSPS) is 2.18. The van der Waals surface area contributed by atoms with Gasteiger partial charge in [-0.15, -0.1) is 0 Å². The van der Waals surface area contributed by atoms with Crippen LogP contribution in [0.4, 0.5) is 0 Å². The van der Waals surface area contributed by atoms with Gasteiger partial charge in [0.15, 0.2) is 0 Å². The van der Waals surface area contributed by atoms with E-state index in [1.54, 1.807) is 0 Å². The molecule has 0 saturated carbocycles. The predicted octanol–water partition coefficient (Wildman–Crippen LogP) is -5.07. The van der Waals surface area contributed by atoms with Gasteiger partial charge in [-0.25, -0.2) is 0 Å². The van der Waals surface area contributed by atoms with Gasteiger partial charge in [-0.3, -0.25) is 0 Å². The SMILES string of the molecule is [Ce].[O]=[Al][O-].[O]=[Al][O-].[O]=[Al][O-].[Pr+3]. The van der Waals surface area contributed by atoms with E-state index < -0.39 is 46.5 Å². The van der Waals surface area contributed by atoms with E-state index in [4.69, 9.17) is 23.9 Å². The van der Waals surface area contributed by atoms with E-state index in [0.29, 0.717) is 0 Å². The molecule has 0 saturated heterocycles. The van der Waals surface area contributed by atoms with Crippen molar-refractivity contribution in [3.63, 3.8) is 0 Å². The smallest absolute Gasteiger partial charge is 3.00 e. The number of rotatable bonds is 0. The zero-order chi connectivity index (χ0) is 8.12. The van der Waals surface area contributed by atoms with Crippen molar-refractivity contribution in [1.29, 1.82) is 0 Å². The maximum atomic E-state index is 8.46. The predicted molar refractivity (Wildman–Crippen MR) is 19.3 cm³/mol. The molecule has 0 unspecified atom stereocenters. The van der Waals surface area contributed by atoms with E-state index >= 15 is 0 Å². The quantitative estimate of drug-likeness (QED) is 0.336. The molecular weight excluding hydrogens is 458 g/mol. The molecule has 0 amide bonds. The first kappa shape index (κ1) is 29.2. The number of hydrogen-bond donors (Lipinski definition) is 0. The van der Waals surface area contributed by atoms with Crippen LogP contribution in [-0.4, -0.2) is 46.5 Å². The van der Waals surface area contributed by atoms with E-state index in [-0.39, 0.29) is 83.0 Å². The average molecular weight is 458 g/mol. The molecule has 0 radical (unpaired) electrons. The van der Waals surface area contributed by atoms with E-state index in [2.05, 4.69) is 0 Å². The van der Waals surface area contributed by atoms with Crippen molar-refractivity contribution < 1.29 is 107 Å². The molecule has 0 aliphatic heterocycles. The van der Waals surface area contributed by atoms with Gasteiger partial charge in [0.2, 0.25) is 0 Å². The minimum absolute atomic E-state index is 0. The first-order valence-electron chi connectivity index (χ1n) is 1.41. The summed E-state index contributed by atoms with van der Waals surface area (Å²) in [5.41, 5.74) is 0. The van der Waals surface area contributed by atoms with Gasteiger partial charge in [-0.1, -0.05) is 0 Å². The minimum Gasteiger partial charge on any atom is 3.00 e. The van der Waals surface area contributed by atoms with Crippen LogP contribution in [0, 0.1) is 83.0 Å². The first-order valence-corrected chi connectivity index (χ1v) is 4.24. The second kappa shape index (κ2) is 51.4. The van der Waals surface area contributed by atoms with E-state index in [1.165, 1.54) is 0 Å². The number of hydrogen-bond acceptors (Lipinski definition) is 6. The third-order valence-electron chi connectivity index (χ3n) is 0. The van der Waals surface area contributed by atoms with Crippen molar-refractivity contribution in [3.8, 4) is 0 Å². The summed E-state index contributed by atoms with van der Waals surface area (Å²) in [5, 5.41) is 0. The molecule has 0 rings (SSSR count). The molecule has 0 spiro atoms. The standard InChI is InChI=1S/3Al.Ce.6O.Pr/q;;;;;;;3*-1;+3. The van der Waals surface area contributed by atoms with Crippen LogP contribution in [0.1, 0.15) is 0 Å². The van der Waals surface area contributed by atoms with Gasteiger partial charge in [-0.05, 0) is 0 Å². The summed E-state index contributed by atoms with van der Waals surface area (Å²) >= 11 is -5.25. The van der Waals surface area contributed by atoms with Gasteiger partial charge in [0.05, 0.1) is 0 Å². The Hall–Kier alpha value is 3.14. The molecule has 0 atom stereocenters. The van der Waals surface area contributed by atoms with Gasteiger partial charge < -0.3 is 0 Å². The Kier molecular flexibility index (Phi) is 137. The van der Waals surface area contributed by atoms with E-state index in [0.717, 1.165) is 0 Å². The minimum atomic E-state index is -1.75. The van der Waals surface area contributed by atoms with Gasteiger partial charge in [0.25, 0.3) is 0 Å². The summed E-state index contributed by atoms with van der Waals surface area (Å²) in [7, 11) is 0. The Morgan fingerprint density at radius 2 is 0.727 bits per heavy atom. The largest absolute Gasteiger partial charge is 3.00 e. The molecule has 0 aromatic rings. The van der Waals surface area contributed by atoms with Crippen molar-refractivity contribution in [2.75, 3.05) is 0 Å². The summed E-state index contributed by atoms with van der Waals surface area (Å²) < 4.78 is 50.8. The average Bonchev–Trinajstić information content (AvgIpc) is 1.70. The Morgan fingerprint density at radius 3 is 0.727 bits per heavy atom. The Morgan fingerprint density at radius 1 is 0.727 bits per heavy atom. The second-order valence-electron chi connectivity index (χ2n) is 0.289. The third kappa shape index (κ3) is 166. The fourth-order valence-electron chi connectivity index (χ4n) is 0. The summed E-state index contributed by atoms with van der Waals surface area (Å²) in [4.78, 5) is 0. The van der Waals surface area contributed by atoms with Crippen LogP contribution in [0.3, 0.4) is 0 Å². The molecule has 0 aliphatic carbocycles. The van der Waals surface area contributed by atoms with Crippen LogP contribution in [0.5, 0.6) is 0 Å². The monoisotopic (exact) mass is 458 g/mol. The van der Waals surface area contributed by atoms with E-state index in [1.807, 2.05) is 0 Å². The topological polar surface area (TPSA) is 120 Å². The first-order chi connectivity index (χ1) is 4.24. The van der Waals surface area contributed by atoms with Crippen LogP contribution in [0.2, 0.25) is 0 Å². The molecule has 0 aromatic carbocycles. The Labute approximate surface area is 150 Å². The summed E-state index contributed by atoms with van der Waals surface area (Å²) in [6.07, 6.45) is 0. The third-order valence-corrected chi connectivity index (χ3v) is 0. The zero-order valence-corrected chi connectivity index (χ0v) is 15.6. The van der Waals surface area contributed by atoms with Gasteiger partial charge in [0, 0.05) is 41.7 Å². The van der Waals surface area contributed by atoms with Crippen molar-refractivity contribution in [2.45, 2.75) is 0 Å². The second-order valence-corrected chi connectivity index (χ2v) is 0.866. The van der Waals surface area contributed by atoms with Gasteiger partial charge in [-0.2, -0.15) is 0 Å². The van der Waals surface area contributed by atoms with Crippen molar-refractivity contribution in [1.82, 2.24) is 0 Å². The van der Waals surface area contributed by atoms with Crippen LogP contribution in [-0.2, 0) is 11.4 Å². The molecule has 11 heavy (non-hydrogen) atoms. The molecule has 0 bridgehead atoms. The fourth-order valence-corrected chi connectivity index (χ4v) is 0. The molecule has 6 nitrogen and oxygen atoms in total. The molecule has 0 fully saturated rings. The van der Waals surface area contributed by atoms with Crippen molar-refractivity contribution >= 4 is 46.5 Å². The summed E-state index contributed by atoms with van der Waals surface area (Å²) in [5.74, 6) is 0. The molecular formula is Al3CeO6Pr. The van der Waals surface area contributed by atoms with Gasteiger partial charge in [0.1, 0.15) is 0 Å².